The van der Waals surface area contributed by atoms with Crippen LogP contribution < -0.4 is 4.74 Å². The van der Waals surface area contributed by atoms with Crippen LogP contribution in [0.15, 0.2) is 84.9 Å². The SMILES string of the molecule is CC(=O)Oc1ccc(CCN2CCCCC2OC(c2ccccc2)c2ccccc2)cc1. The lowest BCUT2D eigenvalue weighted by Gasteiger charge is -2.38. The molecule has 3 aromatic carbocycles. The molecule has 4 heteroatoms. The second kappa shape index (κ2) is 11.1. The number of nitrogens with zero attached hydrogens (tertiary/aromatic N) is 1. The summed E-state index contributed by atoms with van der Waals surface area (Å²) < 4.78 is 11.9. The van der Waals surface area contributed by atoms with Crippen molar-refractivity contribution in [1.29, 1.82) is 0 Å². The third-order valence-corrected chi connectivity index (χ3v) is 5.92. The monoisotopic (exact) mass is 429 g/mol. The lowest BCUT2D eigenvalue weighted by Crippen LogP contribution is -2.43. The second-order valence-corrected chi connectivity index (χ2v) is 8.31. The summed E-state index contributed by atoms with van der Waals surface area (Å²) >= 11 is 0. The smallest absolute Gasteiger partial charge is 0.308 e. The number of hydrogen-bond acceptors (Lipinski definition) is 4. The number of rotatable bonds is 8. The Kier molecular flexibility index (Phi) is 7.70. The molecule has 4 rings (SSSR count). The molecule has 3 aromatic rings. The molecule has 1 saturated heterocycles. The molecule has 0 aliphatic carbocycles. The van der Waals surface area contributed by atoms with Gasteiger partial charge in [0.25, 0.3) is 0 Å². The van der Waals surface area contributed by atoms with Crippen LogP contribution in [0.25, 0.3) is 0 Å². The number of likely N-dealkylation sites (tertiary alicyclic amines) is 1. The van der Waals surface area contributed by atoms with Gasteiger partial charge in [0.15, 0.2) is 0 Å². The standard InChI is InChI=1S/C28H31NO3/c1-22(30)31-26-17-15-23(16-18-26)19-21-29-20-9-8-14-27(29)32-28(24-10-4-2-5-11-24)25-12-6-3-7-13-25/h2-7,10-13,15-18,27-28H,8-9,14,19-21H2,1H3. The van der Waals surface area contributed by atoms with Crippen LogP contribution in [-0.4, -0.2) is 30.2 Å². The molecule has 4 nitrogen and oxygen atoms in total. The van der Waals surface area contributed by atoms with Gasteiger partial charge in [-0.1, -0.05) is 72.8 Å². The fraction of sp³-hybridized carbons (Fsp3) is 0.321. The van der Waals surface area contributed by atoms with Gasteiger partial charge >= 0.3 is 5.97 Å². The Morgan fingerprint density at radius 1 is 0.906 bits per heavy atom. The zero-order valence-corrected chi connectivity index (χ0v) is 18.7. The number of ether oxygens (including phenoxy) is 2. The number of benzene rings is 3. The topological polar surface area (TPSA) is 38.8 Å². The van der Waals surface area contributed by atoms with Crippen molar-refractivity contribution >= 4 is 5.97 Å². The Balaban J connectivity index is 1.44. The summed E-state index contributed by atoms with van der Waals surface area (Å²) in [5.74, 6) is 0.298. The van der Waals surface area contributed by atoms with Gasteiger partial charge in [-0.2, -0.15) is 0 Å². The van der Waals surface area contributed by atoms with Gasteiger partial charge < -0.3 is 9.47 Å². The largest absolute Gasteiger partial charge is 0.427 e. The maximum Gasteiger partial charge on any atom is 0.308 e. The molecule has 32 heavy (non-hydrogen) atoms. The number of hydrogen-bond donors (Lipinski definition) is 0. The zero-order chi connectivity index (χ0) is 22.2. The van der Waals surface area contributed by atoms with Crippen molar-refractivity contribution in [2.24, 2.45) is 0 Å². The lowest BCUT2D eigenvalue weighted by atomic mass is 10.0. The van der Waals surface area contributed by atoms with E-state index in [1.807, 2.05) is 36.4 Å². The Morgan fingerprint density at radius 3 is 2.12 bits per heavy atom. The minimum Gasteiger partial charge on any atom is -0.427 e. The fourth-order valence-electron chi connectivity index (χ4n) is 4.30. The van der Waals surface area contributed by atoms with Crippen molar-refractivity contribution in [1.82, 2.24) is 4.90 Å². The van der Waals surface area contributed by atoms with Crippen LogP contribution in [-0.2, 0) is 16.0 Å². The van der Waals surface area contributed by atoms with Gasteiger partial charge in [0.1, 0.15) is 18.1 Å². The highest BCUT2D eigenvalue weighted by molar-refractivity contribution is 5.69. The maximum atomic E-state index is 11.1. The van der Waals surface area contributed by atoms with Crippen molar-refractivity contribution in [2.75, 3.05) is 13.1 Å². The zero-order valence-electron chi connectivity index (χ0n) is 18.7. The van der Waals surface area contributed by atoms with Crippen LogP contribution >= 0.6 is 0 Å². The first kappa shape index (κ1) is 22.3. The van der Waals surface area contributed by atoms with Crippen LogP contribution in [0, 0.1) is 0 Å². The molecule has 0 amide bonds. The Labute approximate surface area is 190 Å². The molecule has 0 N–H and O–H groups in total. The average molecular weight is 430 g/mol. The number of esters is 1. The van der Waals surface area contributed by atoms with E-state index in [4.69, 9.17) is 9.47 Å². The molecule has 1 heterocycles. The summed E-state index contributed by atoms with van der Waals surface area (Å²) in [5, 5.41) is 0. The molecule has 166 valence electrons. The number of carbonyl (C=O) groups is 1. The van der Waals surface area contributed by atoms with Gasteiger partial charge in [-0.05, 0) is 54.5 Å². The summed E-state index contributed by atoms with van der Waals surface area (Å²) in [4.78, 5) is 13.6. The second-order valence-electron chi connectivity index (χ2n) is 8.31. The van der Waals surface area contributed by atoms with Gasteiger partial charge in [-0.25, -0.2) is 0 Å². The molecule has 1 aliphatic heterocycles. The van der Waals surface area contributed by atoms with Crippen molar-refractivity contribution in [3.8, 4) is 5.75 Å². The van der Waals surface area contributed by atoms with E-state index in [0.29, 0.717) is 5.75 Å². The highest BCUT2D eigenvalue weighted by atomic mass is 16.5. The quantitative estimate of drug-likeness (QED) is 0.336. The Hall–Kier alpha value is -2.95. The van der Waals surface area contributed by atoms with E-state index >= 15 is 0 Å². The van der Waals surface area contributed by atoms with Crippen molar-refractivity contribution < 1.29 is 14.3 Å². The first-order chi connectivity index (χ1) is 15.7. The van der Waals surface area contributed by atoms with E-state index in [0.717, 1.165) is 25.9 Å². The van der Waals surface area contributed by atoms with Gasteiger partial charge in [0, 0.05) is 20.0 Å². The van der Waals surface area contributed by atoms with E-state index < -0.39 is 0 Å². The third kappa shape index (κ3) is 6.06. The third-order valence-electron chi connectivity index (χ3n) is 5.92. The first-order valence-corrected chi connectivity index (χ1v) is 11.5. The van der Waals surface area contributed by atoms with Gasteiger partial charge in [0.2, 0.25) is 0 Å². The van der Waals surface area contributed by atoms with Crippen LogP contribution in [0.4, 0.5) is 0 Å². The van der Waals surface area contributed by atoms with Gasteiger partial charge in [-0.3, -0.25) is 9.69 Å². The van der Waals surface area contributed by atoms with Crippen molar-refractivity contribution in [2.45, 2.75) is 44.9 Å². The number of carbonyl (C=O) groups excluding carboxylic acids is 1. The number of piperidine rings is 1. The van der Waals surface area contributed by atoms with Crippen LogP contribution in [0.5, 0.6) is 5.75 Å². The predicted octanol–water partition coefficient (Wildman–Crippen LogP) is 5.77. The minimum absolute atomic E-state index is 0.0778. The van der Waals surface area contributed by atoms with Crippen molar-refractivity contribution in [3.05, 3.63) is 102 Å². The highest BCUT2D eigenvalue weighted by Gasteiger charge is 2.27. The molecule has 1 unspecified atom stereocenters. The van der Waals surface area contributed by atoms with E-state index in [1.54, 1.807) is 0 Å². The summed E-state index contributed by atoms with van der Waals surface area (Å²) in [6.07, 6.45) is 4.38. The molecule has 0 aromatic heterocycles. The summed E-state index contributed by atoms with van der Waals surface area (Å²) in [6, 6.07) is 28.8. The molecule has 0 spiro atoms. The fourth-order valence-corrected chi connectivity index (χ4v) is 4.30. The molecule has 0 saturated carbocycles. The maximum absolute atomic E-state index is 11.1. The van der Waals surface area contributed by atoms with Crippen LogP contribution in [0.1, 0.15) is 49.0 Å². The van der Waals surface area contributed by atoms with E-state index in [9.17, 15) is 4.79 Å². The summed E-state index contributed by atoms with van der Waals surface area (Å²) in [7, 11) is 0. The molecular weight excluding hydrogens is 398 g/mol. The predicted molar refractivity (Wildman–Crippen MR) is 126 cm³/mol. The first-order valence-electron chi connectivity index (χ1n) is 11.5. The molecule has 1 atom stereocenters. The molecule has 0 radical (unpaired) electrons. The minimum atomic E-state index is -0.294. The molecule has 1 fully saturated rings. The average Bonchev–Trinajstić information content (AvgIpc) is 2.83. The van der Waals surface area contributed by atoms with Crippen molar-refractivity contribution in [3.63, 3.8) is 0 Å². The Bertz CT molecular complexity index is 933. The van der Waals surface area contributed by atoms with Crippen LogP contribution in [0.3, 0.4) is 0 Å². The Morgan fingerprint density at radius 2 is 1.53 bits per heavy atom. The summed E-state index contributed by atoms with van der Waals surface area (Å²) in [6.45, 7) is 3.41. The normalized spacial score (nSPS) is 16.8. The van der Waals surface area contributed by atoms with E-state index in [-0.39, 0.29) is 18.3 Å². The van der Waals surface area contributed by atoms with E-state index in [1.165, 1.54) is 36.5 Å². The molecular formula is C28H31NO3. The van der Waals surface area contributed by atoms with Gasteiger partial charge in [-0.15, -0.1) is 0 Å². The molecule has 0 bridgehead atoms. The molecule has 1 aliphatic rings. The highest BCUT2D eigenvalue weighted by Crippen LogP contribution is 2.31. The summed E-state index contributed by atoms with van der Waals surface area (Å²) in [5.41, 5.74) is 3.60. The lowest BCUT2D eigenvalue weighted by molar-refractivity contribution is -0.131. The van der Waals surface area contributed by atoms with E-state index in [2.05, 4.69) is 53.4 Å². The van der Waals surface area contributed by atoms with Gasteiger partial charge in [0.05, 0.1) is 0 Å². The van der Waals surface area contributed by atoms with Crippen LogP contribution in [0.2, 0.25) is 0 Å².